The standard InChI is InChI=1S/C8H15BrN2O/c1-5(2)7(6(3)10)8(12)11(4)9/h6H,10H2,1-4H3. The summed E-state index contributed by atoms with van der Waals surface area (Å²) in [7, 11) is 1.65. The van der Waals surface area contributed by atoms with Crippen LogP contribution in [0.4, 0.5) is 0 Å². The molecule has 0 aromatic carbocycles. The van der Waals surface area contributed by atoms with E-state index in [1.807, 2.05) is 13.8 Å². The van der Waals surface area contributed by atoms with Gasteiger partial charge in [-0.1, -0.05) is 5.57 Å². The average Bonchev–Trinajstić information content (AvgIpc) is 1.85. The van der Waals surface area contributed by atoms with E-state index in [9.17, 15) is 4.79 Å². The van der Waals surface area contributed by atoms with Crippen molar-refractivity contribution in [2.45, 2.75) is 26.8 Å². The van der Waals surface area contributed by atoms with Gasteiger partial charge >= 0.3 is 0 Å². The van der Waals surface area contributed by atoms with Crippen molar-refractivity contribution in [2.75, 3.05) is 7.05 Å². The smallest absolute Gasteiger partial charge is 0.260 e. The van der Waals surface area contributed by atoms with Crippen molar-refractivity contribution in [3.05, 3.63) is 11.1 Å². The largest absolute Gasteiger partial charge is 0.324 e. The molecule has 0 aliphatic rings. The Morgan fingerprint density at radius 3 is 2.00 bits per heavy atom. The van der Waals surface area contributed by atoms with Crippen LogP contribution < -0.4 is 5.73 Å². The summed E-state index contributed by atoms with van der Waals surface area (Å²) < 4.78 is 1.36. The van der Waals surface area contributed by atoms with Gasteiger partial charge in [-0.2, -0.15) is 0 Å². The molecule has 2 N–H and O–H groups in total. The molecule has 0 aliphatic carbocycles. The SMILES string of the molecule is CC(C)=C(C(=O)N(C)Br)C(C)N. The predicted octanol–water partition coefficient (Wildman–Crippen LogP) is 1.44. The maximum Gasteiger partial charge on any atom is 0.260 e. The maximum absolute atomic E-state index is 11.5. The zero-order valence-corrected chi connectivity index (χ0v) is 9.47. The van der Waals surface area contributed by atoms with E-state index in [1.165, 1.54) is 3.93 Å². The van der Waals surface area contributed by atoms with Gasteiger partial charge < -0.3 is 5.73 Å². The fourth-order valence-corrected chi connectivity index (χ4v) is 1.22. The first-order chi connectivity index (χ1) is 5.37. The molecule has 0 saturated heterocycles. The molecule has 0 fully saturated rings. The molecule has 0 heterocycles. The van der Waals surface area contributed by atoms with E-state index in [2.05, 4.69) is 16.1 Å². The van der Waals surface area contributed by atoms with Crippen LogP contribution in [0.15, 0.2) is 11.1 Å². The van der Waals surface area contributed by atoms with E-state index >= 15 is 0 Å². The second-order valence-electron chi connectivity index (χ2n) is 2.98. The minimum Gasteiger partial charge on any atom is -0.324 e. The highest BCUT2D eigenvalue weighted by Crippen LogP contribution is 2.12. The summed E-state index contributed by atoms with van der Waals surface area (Å²) in [5.74, 6) is -0.0787. The molecule has 1 amide bonds. The summed E-state index contributed by atoms with van der Waals surface area (Å²) in [5, 5.41) is 0. The first kappa shape index (κ1) is 11.6. The van der Waals surface area contributed by atoms with E-state index in [0.29, 0.717) is 5.57 Å². The van der Waals surface area contributed by atoms with Gasteiger partial charge in [0, 0.05) is 18.7 Å². The van der Waals surface area contributed by atoms with Gasteiger partial charge in [-0.05, 0) is 20.8 Å². The zero-order valence-electron chi connectivity index (χ0n) is 7.89. The number of hydrogen-bond acceptors (Lipinski definition) is 2. The van der Waals surface area contributed by atoms with Crippen LogP contribution >= 0.6 is 16.1 Å². The quantitative estimate of drug-likeness (QED) is 0.581. The lowest BCUT2D eigenvalue weighted by Crippen LogP contribution is -2.30. The molecule has 0 saturated carbocycles. The molecule has 70 valence electrons. The van der Waals surface area contributed by atoms with Gasteiger partial charge in [-0.15, -0.1) is 0 Å². The molecule has 0 radical (unpaired) electrons. The second-order valence-corrected chi connectivity index (χ2v) is 4.05. The highest BCUT2D eigenvalue weighted by molar-refractivity contribution is 9.07. The molecular formula is C8H15BrN2O. The Kier molecular flexibility index (Phi) is 4.49. The van der Waals surface area contributed by atoms with Crippen molar-refractivity contribution in [1.82, 2.24) is 3.93 Å². The van der Waals surface area contributed by atoms with E-state index in [0.717, 1.165) is 5.57 Å². The van der Waals surface area contributed by atoms with E-state index < -0.39 is 0 Å². The van der Waals surface area contributed by atoms with Crippen LogP contribution in [-0.2, 0) is 4.79 Å². The molecule has 1 unspecified atom stereocenters. The van der Waals surface area contributed by atoms with Gasteiger partial charge in [-0.25, -0.2) is 0 Å². The number of likely N-dealkylation sites (N-methyl/N-ethyl adjacent to an activating group) is 1. The molecule has 3 nitrogen and oxygen atoms in total. The number of allylic oxidation sites excluding steroid dienone is 1. The summed E-state index contributed by atoms with van der Waals surface area (Å²) >= 11 is 3.07. The summed E-state index contributed by atoms with van der Waals surface area (Å²) in [6, 6.07) is -0.220. The third-order valence-electron chi connectivity index (χ3n) is 1.50. The predicted molar refractivity (Wildman–Crippen MR) is 53.7 cm³/mol. The first-order valence-electron chi connectivity index (χ1n) is 3.74. The van der Waals surface area contributed by atoms with Crippen molar-refractivity contribution < 1.29 is 4.79 Å². The zero-order chi connectivity index (χ0) is 9.89. The van der Waals surface area contributed by atoms with Crippen LogP contribution in [0.1, 0.15) is 20.8 Å². The Hall–Kier alpha value is -0.350. The lowest BCUT2D eigenvalue weighted by molar-refractivity contribution is -0.121. The number of halogens is 1. The van der Waals surface area contributed by atoms with Crippen molar-refractivity contribution >= 4 is 22.1 Å². The van der Waals surface area contributed by atoms with Crippen molar-refractivity contribution in [3.8, 4) is 0 Å². The first-order valence-corrected chi connectivity index (χ1v) is 4.45. The molecule has 0 rings (SSSR count). The number of nitrogens with zero attached hydrogens (tertiary/aromatic N) is 1. The van der Waals surface area contributed by atoms with Crippen molar-refractivity contribution in [1.29, 1.82) is 0 Å². The molecule has 0 aromatic heterocycles. The van der Waals surface area contributed by atoms with Crippen molar-refractivity contribution in [2.24, 2.45) is 5.73 Å². The van der Waals surface area contributed by atoms with Gasteiger partial charge in [0.1, 0.15) is 0 Å². The van der Waals surface area contributed by atoms with E-state index in [1.54, 1.807) is 14.0 Å². The summed E-state index contributed by atoms with van der Waals surface area (Å²) in [5.41, 5.74) is 7.27. The normalized spacial score (nSPS) is 12.2. The topological polar surface area (TPSA) is 46.3 Å². The second kappa shape index (κ2) is 4.62. The van der Waals surface area contributed by atoms with Gasteiger partial charge in [0.15, 0.2) is 0 Å². The van der Waals surface area contributed by atoms with E-state index in [4.69, 9.17) is 5.73 Å². The number of carbonyl (C=O) groups excluding carboxylic acids is 1. The Balaban J connectivity index is 4.80. The molecule has 0 spiro atoms. The van der Waals surface area contributed by atoms with Crippen molar-refractivity contribution in [3.63, 3.8) is 0 Å². The van der Waals surface area contributed by atoms with Crippen LogP contribution in [-0.4, -0.2) is 22.9 Å². The molecule has 12 heavy (non-hydrogen) atoms. The minimum atomic E-state index is -0.220. The Labute approximate surface area is 81.9 Å². The van der Waals surface area contributed by atoms with Crippen LogP contribution in [0.25, 0.3) is 0 Å². The highest BCUT2D eigenvalue weighted by atomic mass is 79.9. The number of nitrogens with two attached hydrogens (primary N) is 1. The van der Waals surface area contributed by atoms with Crippen LogP contribution in [0.5, 0.6) is 0 Å². The highest BCUT2D eigenvalue weighted by Gasteiger charge is 2.17. The number of hydrogen-bond donors (Lipinski definition) is 1. The van der Waals surface area contributed by atoms with Crippen LogP contribution in [0.3, 0.4) is 0 Å². The number of rotatable bonds is 2. The average molecular weight is 235 g/mol. The molecule has 0 aliphatic heterocycles. The third kappa shape index (κ3) is 2.95. The number of amides is 1. The fourth-order valence-electron chi connectivity index (χ4n) is 1.03. The van der Waals surface area contributed by atoms with Gasteiger partial charge in [0.25, 0.3) is 5.91 Å². The molecular weight excluding hydrogens is 220 g/mol. The minimum absolute atomic E-state index is 0.0787. The van der Waals surface area contributed by atoms with Gasteiger partial charge in [0.05, 0.1) is 16.1 Å². The number of carbonyl (C=O) groups is 1. The lowest BCUT2D eigenvalue weighted by atomic mass is 10.0. The Morgan fingerprint density at radius 1 is 1.50 bits per heavy atom. The van der Waals surface area contributed by atoms with Crippen LogP contribution in [0, 0.1) is 0 Å². The summed E-state index contributed by atoms with van der Waals surface area (Å²) in [4.78, 5) is 11.5. The molecule has 4 heteroatoms. The van der Waals surface area contributed by atoms with Gasteiger partial charge in [0.2, 0.25) is 0 Å². The maximum atomic E-state index is 11.5. The molecule has 0 bridgehead atoms. The Bertz CT molecular complexity index is 205. The van der Waals surface area contributed by atoms with Gasteiger partial charge in [-0.3, -0.25) is 8.72 Å². The Morgan fingerprint density at radius 2 is 1.92 bits per heavy atom. The summed E-state index contributed by atoms with van der Waals surface area (Å²) in [6.07, 6.45) is 0. The molecule has 0 aromatic rings. The lowest BCUT2D eigenvalue weighted by Gasteiger charge is -2.15. The molecule has 1 atom stereocenters. The van der Waals surface area contributed by atoms with E-state index in [-0.39, 0.29) is 11.9 Å². The third-order valence-corrected chi connectivity index (χ3v) is 1.83. The van der Waals surface area contributed by atoms with Crippen LogP contribution in [0.2, 0.25) is 0 Å². The summed E-state index contributed by atoms with van der Waals surface area (Å²) in [6.45, 7) is 5.57. The monoisotopic (exact) mass is 234 g/mol. The fraction of sp³-hybridized carbons (Fsp3) is 0.625.